The van der Waals surface area contributed by atoms with Crippen LogP contribution in [0, 0.1) is 6.92 Å². The summed E-state index contributed by atoms with van der Waals surface area (Å²) in [6.45, 7) is 14.9. The zero-order valence-corrected chi connectivity index (χ0v) is 21.9. The van der Waals surface area contributed by atoms with Crippen molar-refractivity contribution in [1.82, 2.24) is 0 Å². The van der Waals surface area contributed by atoms with Crippen LogP contribution in [0.25, 0.3) is 6.08 Å². The maximum Gasteiger partial charge on any atom is 0.121 e. The molecule has 0 amide bonds. The van der Waals surface area contributed by atoms with Crippen molar-refractivity contribution in [2.45, 2.75) is 80.3 Å². The number of hydrogen-bond donors (Lipinski definition) is 0. The summed E-state index contributed by atoms with van der Waals surface area (Å²) in [6.07, 6.45) is 7.26. The second-order valence-electron chi connectivity index (χ2n) is 8.12. The van der Waals surface area contributed by atoms with Crippen molar-refractivity contribution in [1.29, 1.82) is 0 Å². The zero-order chi connectivity index (χ0) is 24.5. The van der Waals surface area contributed by atoms with Crippen LogP contribution in [0.15, 0.2) is 84.4 Å². The van der Waals surface area contributed by atoms with Gasteiger partial charge in [-0.05, 0) is 74.4 Å². The van der Waals surface area contributed by atoms with E-state index in [1.54, 1.807) is 0 Å². The molecule has 178 valence electrons. The Kier molecular flexibility index (Phi) is 14.4. The van der Waals surface area contributed by atoms with E-state index in [2.05, 4.69) is 89.2 Å². The zero-order valence-electron chi connectivity index (χ0n) is 21.9. The molecule has 1 atom stereocenters. The minimum Gasteiger partial charge on any atom is -0.486 e. The maximum atomic E-state index is 5.90. The molecule has 1 nitrogen and oxygen atoms in total. The fourth-order valence-corrected chi connectivity index (χ4v) is 3.34. The molecule has 0 spiro atoms. The molecular formula is C32H44O. The van der Waals surface area contributed by atoms with Crippen LogP contribution in [-0.4, -0.2) is 0 Å². The van der Waals surface area contributed by atoms with Crippen LogP contribution in [0.2, 0.25) is 0 Å². The van der Waals surface area contributed by atoms with E-state index in [1.165, 1.54) is 47.1 Å². The van der Waals surface area contributed by atoms with E-state index in [0.717, 1.165) is 12.2 Å². The van der Waals surface area contributed by atoms with Gasteiger partial charge >= 0.3 is 0 Å². The van der Waals surface area contributed by atoms with Crippen molar-refractivity contribution < 1.29 is 4.74 Å². The summed E-state index contributed by atoms with van der Waals surface area (Å²) >= 11 is 0. The van der Waals surface area contributed by atoms with Gasteiger partial charge in [-0.15, -0.1) is 0 Å². The van der Waals surface area contributed by atoms with Crippen LogP contribution in [0.4, 0.5) is 0 Å². The molecule has 1 unspecified atom stereocenters. The lowest BCUT2D eigenvalue weighted by atomic mass is 10.0. The molecule has 0 aliphatic carbocycles. The van der Waals surface area contributed by atoms with Gasteiger partial charge in [-0.3, -0.25) is 0 Å². The lowest BCUT2D eigenvalue weighted by molar-refractivity contribution is 0.227. The average molecular weight is 445 g/mol. The predicted octanol–water partition coefficient (Wildman–Crippen LogP) is 10.0. The first kappa shape index (κ1) is 28.2. The van der Waals surface area contributed by atoms with Gasteiger partial charge < -0.3 is 4.74 Å². The monoisotopic (exact) mass is 444 g/mol. The molecule has 0 fully saturated rings. The van der Waals surface area contributed by atoms with Crippen molar-refractivity contribution in [3.05, 3.63) is 107 Å². The summed E-state index contributed by atoms with van der Waals surface area (Å²) in [5.41, 5.74) is 6.75. The highest BCUT2D eigenvalue weighted by atomic mass is 16.5. The van der Waals surface area contributed by atoms with Gasteiger partial charge in [0.25, 0.3) is 0 Å². The molecular weight excluding hydrogens is 400 g/mol. The Morgan fingerprint density at radius 1 is 0.848 bits per heavy atom. The molecule has 1 heteroatoms. The van der Waals surface area contributed by atoms with Crippen LogP contribution in [0.3, 0.4) is 0 Å². The van der Waals surface area contributed by atoms with Gasteiger partial charge in [0.2, 0.25) is 0 Å². The van der Waals surface area contributed by atoms with Crippen molar-refractivity contribution in [2.24, 2.45) is 0 Å². The van der Waals surface area contributed by atoms with Gasteiger partial charge in [0.15, 0.2) is 0 Å². The smallest absolute Gasteiger partial charge is 0.121 e. The predicted molar refractivity (Wildman–Crippen MR) is 147 cm³/mol. The second-order valence-corrected chi connectivity index (χ2v) is 8.12. The van der Waals surface area contributed by atoms with Crippen molar-refractivity contribution in [3.63, 3.8) is 0 Å². The second kappa shape index (κ2) is 16.8. The van der Waals surface area contributed by atoms with Crippen LogP contribution < -0.4 is 4.74 Å². The van der Waals surface area contributed by atoms with Crippen molar-refractivity contribution in [2.75, 3.05) is 0 Å². The molecule has 0 radical (unpaired) electrons. The van der Waals surface area contributed by atoms with Crippen molar-refractivity contribution in [3.8, 4) is 5.75 Å². The van der Waals surface area contributed by atoms with Gasteiger partial charge in [0.1, 0.15) is 11.9 Å². The topological polar surface area (TPSA) is 9.23 Å². The normalized spacial score (nSPS) is 11.4. The number of aryl methyl sites for hydroxylation is 2. The van der Waals surface area contributed by atoms with E-state index in [1.807, 2.05) is 44.2 Å². The van der Waals surface area contributed by atoms with Crippen LogP contribution in [0.1, 0.15) is 89.2 Å². The van der Waals surface area contributed by atoms with Crippen LogP contribution >= 0.6 is 0 Å². The minimum atomic E-state index is 0.0867. The average Bonchev–Trinajstić information content (AvgIpc) is 2.87. The number of hydrogen-bond acceptors (Lipinski definition) is 1. The van der Waals surface area contributed by atoms with Gasteiger partial charge in [-0.25, -0.2) is 0 Å². The van der Waals surface area contributed by atoms with Crippen LogP contribution in [-0.2, 0) is 6.42 Å². The molecule has 0 bridgehead atoms. The third kappa shape index (κ3) is 11.1. The molecule has 0 saturated heterocycles. The number of benzene rings is 3. The summed E-state index contributed by atoms with van der Waals surface area (Å²) in [6, 6.07) is 27.1. The highest BCUT2D eigenvalue weighted by Crippen LogP contribution is 2.22. The van der Waals surface area contributed by atoms with E-state index in [-0.39, 0.29) is 6.10 Å². The van der Waals surface area contributed by atoms with E-state index in [0.29, 0.717) is 0 Å². The first-order valence-corrected chi connectivity index (χ1v) is 12.6. The maximum absolute atomic E-state index is 5.90. The molecule has 3 rings (SSSR count). The van der Waals surface area contributed by atoms with E-state index < -0.39 is 0 Å². The SMILES string of the molecule is CC.CCCC/C(C)=C/c1ccccc1C.CCc1ccc(OC(C)c2ccccc2)cc1. The number of unbranched alkanes of at least 4 members (excludes halogenated alkanes) is 1. The summed E-state index contributed by atoms with van der Waals surface area (Å²) in [7, 11) is 0. The fraction of sp³-hybridized carbons (Fsp3) is 0.375. The fourth-order valence-electron chi connectivity index (χ4n) is 3.34. The Bertz CT molecular complexity index is 907. The Labute approximate surface area is 203 Å². The van der Waals surface area contributed by atoms with Crippen molar-refractivity contribution >= 4 is 6.08 Å². The highest BCUT2D eigenvalue weighted by molar-refractivity contribution is 5.55. The standard InChI is InChI=1S/C16H18O.C14H20.C2H6/c1-3-14-9-11-16(12-10-14)17-13(2)15-7-5-4-6-8-15;1-4-5-8-12(2)11-14-10-7-6-9-13(14)3;1-2/h4-13H,3H2,1-2H3;6-7,9-11H,4-5,8H2,1-3H3;1-2H3/b;12-11+;. The third-order valence-electron chi connectivity index (χ3n) is 5.43. The van der Waals surface area contributed by atoms with Gasteiger partial charge in [-0.1, -0.05) is 112 Å². The molecule has 0 aliphatic rings. The number of rotatable bonds is 8. The molecule has 0 heterocycles. The summed E-state index contributed by atoms with van der Waals surface area (Å²) < 4.78 is 5.90. The first-order chi connectivity index (χ1) is 16.0. The molecule has 0 aliphatic heterocycles. The Morgan fingerprint density at radius 2 is 1.45 bits per heavy atom. The van der Waals surface area contributed by atoms with Gasteiger partial charge in [-0.2, -0.15) is 0 Å². The van der Waals surface area contributed by atoms with E-state index in [9.17, 15) is 0 Å². The molecule has 3 aromatic carbocycles. The first-order valence-electron chi connectivity index (χ1n) is 12.6. The third-order valence-corrected chi connectivity index (χ3v) is 5.43. The Hall–Kier alpha value is -2.80. The summed E-state index contributed by atoms with van der Waals surface area (Å²) in [5.74, 6) is 0.929. The highest BCUT2D eigenvalue weighted by Gasteiger charge is 2.06. The van der Waals surface area contributed by atoms with Gasteiger partial charge in [0, 0.05) is 0 Å². The summed E-state index contributed by atoms with van der Waals surface area (Å²) in [4.78, 5) is 0. The number of allylic oxidation sites excluding steroid dienone is 1. The summed E-state index contributed by atoms with van der Waals surface area (Å²) in [5, 5.41) is 0. The lowest BCUT2D eigenvalue weighted by Crippen LogP contribution is -2.02. The Morgan fingerprint density at radius 3 is 2.03 bits per heavy atom. The molecule has 33 heavy (non-hydrogen) atoms. The Balaban J connectivity index is 0.000000313. The lowest BCUT2D eigenvalue weighted by Gasteiger charge is -2.15. The molecule has 0 aromatic heterocycles. The minimum absolute atomic E-state index is 0.0867. The van der Waals surface area contributed by atoms with E-state index >= 15 is 0 Å². The van der Waals surface area contributed by atoms with E-state index in [4.69, 9.17) is 4.74 Å². The molecule has 3 aromatic rings. The molecule has 0 N–H and O–H groups in total. The van der Waals surface area contributed by atoms with Crippen LogP contribution in [0.5, 0.6) is 5.75 Å². The van der Waals surface area contributed by atoms with Gasteiger partial charge in [0.05, 0.1) is 0 Å². The largest absolute Gasteiger partial charge is 0.486 e. The number of ether oxygens (including phenoxy) is 1. The molecule has 0 saturated carbocycles. The quantitative estimate of drug-likeness (QED) is 0.336.